The van der Waals surface area contributed by atoms with Crippen molar-refractivity contribution in [1.82, 2.24) is 15.1 Å². The summed E-state index contributed by atoms with van der Waals surface area (Å²) in [5.41, 5.74) is 1.42. The van der Waals surface area contributed by atoms with Crippen molar-refractivity contribution in [1.29, 1.82) is 0 Å². The number of nitrogens with one attached hydrogen (secondary N) is 1. The molecule has 1 saturated carbocycles. The maximum atomic E-state index is 14.2. The first-order valence-electron chi connectivity index (χ1n) is 15.3. The number of nitrogens with zero attached hydrogens (tertiary/aromatic N) is 2. The molecule has 3 aliphatic heterocycles. The van der Waals surface area contributed by atoms with Gasteiger partial charge in [-0.05, 0) is 69.2 Å². The number of rotatable bonds is 7. The molecule has 0 unspecified atom stereocenters. The van der Waals surface area contributed by atoms with Gasteiger partial charge in [0.05, 0.1) is 16.6 Å². The highest BCUT2D eigenvalue weighted by molar-refractivity contribution is 7.86. The Morgan fingerprint density at radius 3 is 2.20 bits per heavy atom. The number of esters is 1. The molecular weight excluding hydrogens is 594 g/mol. The lowest BCUT2D eigenvalue weighted by atomic mass is 9.97. The molecule has 1 aliphatic carbocycles. The number of amides is 3. The van der Waals surface area contributed by atoms with E-state index in [0.29, 0.717) is 24.1 Å². The number of β-lactam (4-membered cyclic amide) rings is 1. The Kier molecular flexibility index (Phi) is 8.39. The van der Waals surface area contributed by atoms with Crippen molar-refractivity contribution in [3.05, 3.63) is 94.7 Å². The van der Waals surface area contributed by atoms with Gasteiger partial charge in [0.15, 0.2) is 6.10 Å². The molecule has 0 spiro atoms. The number of alkyl carbamates (subject to hydrolysis) is 1. The second kappa shape index (κ2) is 12.3. The lowest BCUT2D eigenvalue weighted by Gasteiger charge is -2.49. The quantitative estimate of drug-likeness (QED) is 0.277. The maximum absolute atomic E-state index is 14.2. The van der Waals surface area contributed by atoms with Crippen LogP contribution in [0.4, 0.5) is 4.79 Å². The molecule has 2 saturated heterocycles. The molecule has 3 fully saturated rings. The molecule has 45 heavy (non-hydrogen) atoms. The fourth-order valence-electron chi connectivity index (χ4n) is 6.00. The van der Waals surface area contributed by atoms with Gasteiger partial charge in [-0.3, -0.25) is 18.7 Å². The minimum Gasteiger partial charge on any atom is -0.448 e. The summed E-state index contributed by atoms with van der Waals surface area (Å²) < 4.78 is 25.1. The fraction of sp³-hybridized carbons (Fsp3) is 0.412. The van der Waals surface area contributed by atoms with E-state index in [2.05, 4.69) is 5.32 Å². The Labute approximate surface area is 264 Å². The number of likely N-dealkylation sites (tertiary alicyclic amines) is 1. The number of hydrogen-bond donors (Lipinski definition) is 1. The molecule has 3 heterocycles. The largest absolute Gasteiger partial charge is 0.448 e. The molecule has 3 amide bonds. The Balaban J connectivity index is 1.37. The van der Waals surface area contributed by atoms with E-state index in [1.807, 2.05) is 65.6 Å². The van der Waals surface area contributed by atoms with Gasteiger partial charge < -0.3 is 19.7 Å². The molecule has 0 bridgehead atoms. The Morgan fingerprint density at radius 2 is 1.62 bits per heavy atom. The molecule has 2 aromatic rings. The summed E-state index contributed by atoms with van der Waals surface area (Å²) >= 11 is 0. The molecular formula is C34H37N3O7S. The highest BCUT2D eigenvalue weighted by atomic mass is 32.2. The number of piperidine rings is 1. The van der Waals surface area contributed by atoms with Crippen LogP contribution in [0, 0.1) is 0 Å². The van der Waals surface area contributed by atoms with E-state index in [0.717, 1.165) is 35.3 Å². The molecule has 1 N–H and O–H groups in total. The van der Waals surface area contributed by atoms with Crippen molar-refractivity contribution in [2.75, 3.05) is 12.3 Å². The summed E-state index contributed by atoms with van der Waals surface area (Å²) in [4.78, 5) is 56.8. The van der Waals surface area contributed by atoms with E-state index < -0.39 is 51.9 Å². The van der Waals surface area contributed by atoms with E-state index in [-0.39, 0.29) is 23.4 Å². The van der Waals surface area contributed by atoms with E-state index in [1.54, 1.807) is 26.8 Å². The van der Waals surface area contributed by atoms with Crippen LogP contribution in [0.2, 0.25) is 0 Å². The van der Waals surface area contributed by atoms with E-state index in [9.17, 15) is 23.4 Å². The summed E-state index contributed by atoms with van der Waals surface area (Å²) in [6.07, 6.45) is 3.25. The molecule has 0 aromatic heterocycles. The minimum atomic E-state index is -1.69. The van der Waals surface area contributed by atoms with Gasteiger partial charge in [-0.1, -0.05) is 60.7 Å². The summed E-state index contributed by atoms with van der Waals surface area (Å²) in [6, 6.07) is 17.6. The van der Waals surface area contributed by atoms with Crippen molar-refractivity contribution < 1.29 is 32.9 Å². The smallest absolute Gasteiger partial charge is 0.408 e. The van der Waals surface area contributed by atoms with Crippen molar-refractivity contribution >= 4 is 34.7 Å². The molecule has 236 valence electrons. The highest BCUT2D eigenvalue weighted by Crippen LogP contribution is 2.39. The summed E-state index contributed by atoms with van der Waals surface area (Å²) in [7, 11) is -1.69. The number of carbonyl (C=O) groups is 4. The van der Waals surface area contributed by atoms with Crippen molar-refractivity contribution in [3.63, 3.8) is 0 Å². The molecule has 10 nitrogen and oxygen atoms in total. The lowest BCUT2D eigenvalue weighted by molar-refractivity contribution is -0.153. The first kappa shape index (κ1) is 30.8. The average molecular weight is 632 g/mol. The Hall–Kier alpha value is -4.25. The Morgan fingerprint density at radius 1 is 1.00 bits per heavy atom. The van der Waals surface area contributed by atoms with Crippen LogP contribution in [-0.4, -0.2) is 73.2 Å². The number of carbonyl (C=O) groups excluding carboxylic acids is 4. The zero-order valence-corrected chi connectivity index (χ0v) is 26.4. The van der Waals surface area contributed by atoms with Gasteiger partial charge in [0.2, 0.25) is 5.91 Å². The summed E-state index contributed by atoms with van der Waals surface area (Å²) in [6.45, 7) is 5.78. The minimum absolute atomic E-state index is 0.0625. The maximum Gasteiger partial charge on any atom is 0.408 e. The van der Waals surface area contributed by atoms with Crippen LogP contribution in [0.25, 0.3) is 0 Å². The van der Waals surface area contributed by atoms with Crippen LogP contribution < -0.4 is 5.32 Å². The number of benzene rings is 2. The third-order valence-electron chi connectivity index (χ3n) is 8.17. The van der Waals surface area contributed by atoms with Crippen LogP contribution in [0.3, 0.4) is 0 Å². The molecule has 3 atom stereocenters. The van der Waals surface area contributed by atoms with Crippen molar-refractivity contribution in [2.45, 2.75) is 75.6 Å². The number of fused-ring (bicyclic) bond motifs is 1. The van der Waals surface area contributed by atoms with Gasteiger partial charge in [0, 0.05) is 18.2 Å². The van der Waals surface area contributed by atoms with Crippen molar-refractivity contribution in [2.24, 2.45) is 0 Å². The average Bonchev–Trinajstić information content (AvgIpc) is 3.85. The van der Waals surface area contributed by atoms with Crippen LogP contribution in [0.1, 0.15) is 63.7 Å². The van der Waals surface area contributed by atoms with Gasteiger partial charge in [-0.2, -0.15) is 0 Å². The van der Waals surface area contributed by atoms with Gasteiger partial charge in [0.1, 0.15) is 22.7 Å². The predicted octanol–water partition coefficient (Wildman–Crippen LogP) is 4.11. The second-order valence-corrected chi connectivity index (χ2v) is 14.3. The molecule has 4 aliphatic rings. The summed E-state index contributed by atoms with van der Waals surface area (Å²) in [5, 5.41) is 1.54. The first-order valence-corrected chi connectivity index (χ1v) is 16.7. The topological polar surface area (TPSA) is 122 Å². The van der Waals surface area contributed by atoms with E-state index in [1.165, 1.54) is 0 Å². The lowest BCUT2D eigenvalue weighted by Crippen LogP contribution is -2.73. The van der Waals surface area contributed by atoms with E-state index in [4.69, 9.17) is 9.47 Å². The van der Waals surface area contributed by atoms with Gasteiger partial charge in [0.25, 0.3) is 5.91 Å². The second-order valence-electron chi connectivity index (χ2n) is 12.7. The molecule has 0 radical (unpaired) electrons. The normalized spacial score (nSPS) is 24.4. The number of allylic oxidation sites excluding steroid dienone is 1. The fourth-order valence-corrected chi connectivity index (χ4v) is 7.63. The van der Waals surface area contributed by atoms with Crippen LogP contribution in [-0.2, 0) is 34.7 Å². The summed E-state index contributed by atoms with van der Waals surface area (Å²) in [5.74, 6) is -1.57. The third-order valence-corrected chi connectivity index (χ3v) is 9.78. The zero-order chi connectivity index (χ0) is 31.9. The predicted molar refractivity (Wildman–Crippen MR) is 167 cm³/mol. The van der Waals surface area contributed by atoms with E-state index >= 15 is 0 Å². The zero-order valence-electron chi connectivity index (χ0n) is 25.6. The standard InChI is InChI=1S/C34H37N3O7S/c1-34(2,3)44-33(41)35-26-30(39)37-27(32(40)43-28(21-11-6-4-7-12-21)22-13-8-5-9-14-22)24(20-45(42)31(26)37)19-23-15-10-18-36(29(23)38)25-16-17-25/h4-9,11-14,19,25-26,28,31H,10,15-18,20H2,1-3H3,(H,35,41)/b23-19+/t26-,31-,45-/m1/s1. The number of ether oxygens (including phenoxy) is 2. The molecule has 2 aromatic carbocycles. The van der Waals surface area contributed by atoms with Gasteiger partial charge in [-0.15, -0.1) is 0 Å². The molecule has 11 heteroatoms. The third kappa shape index (κ3) is 6.45. The Bertz CT molecular complexity index is 1550. The molecule has 6 rings (SSSR count). The van der Waals surface area contributed by atoms with Crippen LogP contribution >= 0.6 is 0 Å². The van der Waals surface area contributed by atoms with Crippen molar-refractivity contribution in [3.8, 4) is 0 Å². The van der Waals surface area contributed by atoms with Gasteiger partial charge in [-0.25, -0.2) is 9.59 Å². The monoisotopic (exact) mass is 631 g/mol. The van der Waals surface area contributed by atoms with Gasteiger partial charge >= 0.3 is 12.1 Å². The number of hydrogen-bond acceptors (Lipinski definition) is 7. The van der Waals surface area contributed by atoms with Crippen LogP contribution in [0.15, 0.2) is 83.6 Å². The SMILES string of the molecule is CC(C)(C)OC(=O)N[C@@H]1C(=O)N2C(C(=O)OC(c3ccccc3)c3ccccc3)=C(/C=C3\CCCN(C4CC4)C3=O)C[S@@](=O)[C@H]12. The highest BCUT2D eigenvalue weighted by Gasteiger charge is 2.58. The first-order chi connectivity index (χ1) is 21.5. The van der Waals surface area contributed by atoms with Crippen LogP contribution in [0.5, 0.6) is 0 Å².